The maximum absolute atomic E-state index is 11.2. The van der Waals surface area contributed by atoms with Crippen LogP contribution in [0.2, 0.25) is 0 Å². The highest BCUT2D eigenvalue weighted by Gasteiger charge is 2.32. The average Bonchev–Trinajstić information content (AvgIpc) is 2.95. The fourth-order valence-electron chi connectivity index (χ4n) is 2.97. The summed E-state index contributed by atoms with van der Waals surface area (Å²) in [5.74, 6) is 0.0267. The first-order valence-electron chi connectivity index (χ1n) is 6.60. The van der Waals surface area contributed by atoms with Crippen molar-refractivity contribution in [3.63, 3.8) is 0 Å². The van der Waals surface area contributed by atoms with Gasteiger partial charge < -0.3 is 14.5 Å². The number of fused-ring (bicyclic) bond motifs is 1. The molecular formula is C14H18N2O3. The van der Waals surface area contributed by atoms with Crippen molar-refractivity contribution >= 4 is 11.1 Å². The van der Waals surface area contributed by atoms with Crippen molar-refractivity contribution in [2.75, 3.05) is 13.7 Å². The molecule has 1 saturated heterocycles. The molecular weight excluding hydrogens is 244 g/mol. The van der Waals surface area contributed by atoms with E-state index in [9.17, 15) is 4.79 Å². The molecule has 3 unspecified atom stereocenters. The molecule has 1 aromatic heterocycles. The first kappa shape index (κ1) is 12.4. The van der Waals surface area contributed by atoms with Crippen LogP contribution in [-0.4, -0.2) is 24.7 Å². The number of H-pyrrole nitrogens is 1. The van der Waals surface area contributed by atoms with E-state index < -0.39 is 5.76 Å². The number of hydrogen-bond acceptors (Lipinski definition) is 4. The number of benzene rings is 1. The van der Waals surface area contributed by atoms with Gasteiger partial charge in [-0.05, 0) is 38.1 Å². The molecule has 1 fully saturated rings. The Morgan fingerprint density at radius 3 is 3.00 bits per heavy atom. The highest BCUT2D eigenvalue weighted by Crippen LogP contribution is 2.33. The van der Waals surface area contributed by atoms with E-state index in [2.05, 4.69) is 17.2 Å². The van der Waals surface area contributed by atoms with Crippen LogP contribution in [0.1, 0.15) is 24.9 Å². The molecule has 0 radical (unpaired) electrons. The molecule has 2 aromatic rings. The van der Waals surface area contributed by atoms with Crippen molar-refractivity contribution in [2.45, 2.75) is 25.5 Å². The summed E-state index contributed by atoms with van der Waals surface area (Å²) >= 11 is 0. The highest BCUT2D eigenvalue weighted by molar-refractivity contribution is 5.72. The minimum Gasteiger partial charge on any atom is -0.408 e. The Morgan fingerprint density at radius 1 is 1.47 bits per heavy atom. The largest absolute Gasteiger partial charge is 0.417 e. The zero-order valence-electron chi connectivity index (χ0n) is 11.1. The molecule has 0 saturated carbocycles. The van der Waals surface area contributed by atoms with Crippen molar-refractivity contribution in [3.05, 3.63) is 34.3 Å². The van der Waals surface area contributed by atoms with Crippen molar-refractivity contribution in [3.8, 4) is 0 Å². The molecule has 2 heterocycles. The van der Waals surface area contributed by atoms with Crippen LogP contribution in [0.25, 0.3) is 11.1 Å². The monoisotopic (exact) mass is 262 g/mol. The van der Waals surface area contributed by atoms with Crippen molar-refractivity contribution in [1.82, 2.24) is 10.3 Å². The fraction of sp³-hybridized carbons (Fsp3) is 0.500. The normalized spacial score (nSPS) is 24.9. The standard InChI is InChI=1S/C14H18N2O3/c1-8-10(5-6-18-8)13(15-2)9-3-4-11-12(7-9)19-14(17)16-11/h3-4,7-8,10,13,15H,5-6H2,1-2H3,(H,16,17). The van der Waals surface area contributed by atoms with E-state index in [1.54, 1.807) is 0 Å². The van der Waals surface area contributed by atoms with Gasteiger partial charge in [0.25, 0.3) is 0 Å². The van der Waals surface area contributed by atoms with Gasteiger partial charge in [-0.3, -0.25) is 4.98 Å². The predicted molar refractivity (Wildman–Crippen MR) is 72.2 cm³/mol. The Balaban J connectivity index is 1.98. The second kappa shape index (κ2) is 4.83. The van der Waals surface area contributed by atoms with E-state index >= 15 is 0 Å². The van der Waals surface area contributed by atoms with Crippen LogP contribution < -0.4 is 11.1 Å². The number of aromatic amines is 1. The van der Waals surface area contributed by atoms with Crippen LogP contribution in [-0.2, 0) is 4.74 Å². The molecule has 1 aromatic carbocycles. The molecule has 102 valence electrons. The molecule has 19 heavy (non-hydrogen) atoms. The molecule has 5 heteroatoms. The van der Waals surface area contributed by atoms with Crippen molar-refractivity contribution in [2.24, 2.45) is 5.92 Å². The Morgan fingerprint density at radius 2 is 2.32 bits per heavy atom. The molecule has 2 N–H and O–H groups in total. The van der Waals surface area contributed by atoms with E-state index in [4.69, 9.17) is 9.15 Å². The van der Waals surface area contributed by atoms with Gasteiger partial charge in [-0.15, -0.1) is 0 Å². The van der Waals surface area contributed by atoms with Gasteiger partial charge in [0.2, 0.25) is 0 Å². The summed E-state index contributed by atoms with van der Waals surface area (Å²) in [7, 11) is 1.95. The number of aromatic nitrogens is 1. The topological polar surface area (TPSA) is 67.3 Å². The minimum atomic E-state index is -0.411. The number of rotatable bonds is 3. The number of ether oxygens (including phenoxy) is 1. The zero-order valence-corrected chi connectivity index (χ0v) is 11.1. The van der Waals surface area contributed by atoms with Gasteiger partial charge in [-0.2, -0.15) is 0 Å². The lowest BCUT2D eigenvalue weighted by Gasteiger charge is -2.25. The third-order valence-corrected chi connectivity index (χ3v) is 3.98. The SMILES string of the molecule is CNC(c1ccc2[nH]c(=O)oc2c1)C1CCOC1C. The van der Waals surface area contributed by atoms with Crippen LogP contribution in [0.5, 0.6) is 0 Å². The average molecular weight is 262 g/mol. The van der Waals surface area contributed by atoms with Crippen LogP contribution in [0.4, 0.5) is 0 Å². The molecule has 0 aliphatic carbocycles. The van der Waals surface area contributed by atoms with Gasteiger partial charge in [-0.1, -0.05) is 6.07 Å². The molecule has 3 atom stereocenters. The summed E-state index contributed by atoms with van der Waals surface area (Å²) < 4.78 is 10.8. The van der Waals surface area contributed by atoms with Crippen LogP contribution >= 0.6 is 0 Å². The molecule has 5 nitrogen and oxygen atoms in total. The van der Waals surface area contributed by atoms with Crippen LogP contribution in [0.3, 0.4) is 0 Å². The van der Waals surface area contributed by atoms with Gasteiger partial charge in [0.15, 0.2) is 5.58 Å². The summed E-state index contributed by atoms with van der Waals surface area (Å²) in [6.07, 6.45) is 1.29. The maximum Gasteiger partial charge on any atom is 0.417 e. The Hall–Kier alpha value is -1.59. The number of hydrogen-bond donors (Lipinski definition) is 2. The van der Waals surface area contributed by atoms with Crippen LogP contribution in [0, 0.1) is 5.92 Å². The van der Waals surface area contributed by atoms with Gasteiger partial charge >= 0.3 is 5.76 Å². The Bertz CT molecular complexity index is 631. The Kier molecular flexibility index (Phi) is 3.16. The predicted octanol–water partition coefficient (Wildman–Crippen LogP) is 1.81. The van der Waals surface area contributed by atoms with Gasteiger partial charge in [-0.25, -0.2) is 4.79 Å². The molecule has 3 rings (SSSR count). The summed E-state index contributed by atoms with van der Waals surface area (Å²) in [4.78, 5) is 13.8. The lowest BCUT2D eigenvalue weighted by atomic mass is 9.88. The van der Waals surface area contributed by atoms with Crippen molar-refractivity contribution in [1.29, 1.82) is 0 Å². The molecule has 0 spiro atoms. The minimum absolute atomic E-state index is 0.210. The zero-order chi connectivity index (χ0) is 13.4. The smallest absolute Gasteiger partial charge is 0.408 e. The van der Waals surface area contributed by atoms with Gasteiger partial charge in [0.1, 0.15) is 0 Å². The number of oxazole rings is 1. The highest BCUT2D eigenvalue weighted by atomic mass is 16.5. The summed E-state index contributed by atoms with van der Waals surface area (Å²) in [5.41, 5.74) is 2.47. The van der Waals surface area contributed by atoms with E-state index in [0.29, 0.717) is 11.5 Å². The lowest BCUT2D eigenvalue weighted by molar-refractivity contribution is 0.0963. The Labute approximate surface area is 111 Å². The third-order valence-electron chi connectivity index (χ3n) is 3.98. The second-order valence-electron chi connectivity index (χ2n) is 5.06. The molecule has 0 amide bonds. The maximum atomic E-state index is 11.2. The van der Waals surface area contributed by atoms with Crippen molar-refractivity contribution < 1.29 is 9.15 Å². The summed E-state index contributed by atoms with van der Waals surface area (Å²) in [5, 5.41) is 3.35. The second-order valence-corrected chi connectivity index (χ2v) is 5.06. The van der Waals surface area contributed by atoms with E-state index in [1.807, 2.05) is 25.2 Å². The van der Waals surface area contributed by atoms with Gasteiger partial charge in [0.05, 0.1) is 11.6 Å². The molecule has 1 aliphatic rings. The van der Waals surface area contributed by atoms with E-state index in [1.165, 1.54) is 0 Å². The van der Waals surface area contributed by atoms with Gasteiger partial charge in [0, 0.05) is 18.6 Å². The van der Waals surface area contributed by atoms with Crippen LogP contribution in [0.15, 0.2) is 27.4 Å². The number of nitrogens with one attached hydrogen (secondary N) is 2. The van der Waals surface area contributed by atoms with E-state index in [0.717, 1.165) is 24.1 Å². The quantitative estimate of drug-likeness (QED) is 0.885. The first-order valence-corrected chi connectivity index (χ1v) is 6.60. The first-order chi connectivity index (χ1) is 9.19. The molecule has 0 bridgehead atoms. The third kappa shape index (κ3) is 2.19. The summed E-state index contributed by atoms with van der Waals surface area (Å²) in [6, 6.07) is 6.06. The lowest BCUT2D eigenvalue weighted by Crippen LogP contribution is -2.29. The van der Waals surface area contributed by atoms with E-state index in [-0.39, 0.29) is 12.1 Å². The summed E-state index contributed by atoms with van der Waals surface area (Å²) in [6.45, 7) is 2.92. The fourth-order valence-corrected chi connectivity index (χ4v) is 2.97. The molecule has 1 aliphatic heterocycles.